The Hall–Kier alpha value is -2.18. The van der Waals surface area contributed by atoms with Crippen molar-refractivity contribution in [2.75, 3.05) is 0 Å². The van der Waals surface area contributed by atoms with Crippen LogP contribution in [0.3, 0.4) is 0 Å². The Balaban J connectivity index is 2.16. The van der Waals surface area contributed by atoms with Gasteiger partial charge in [-0.05, 0) is 6.92 Å². The van der Waals surface area contributed by atoms with Crippen LogP contribution < -0.4 is 5.32 Å². The summed E-state index contributed by atoms with van der Waals surface area (Å²) in [4.78, 5) is 37.6. The first-order chi connectivity index (χ1) is 7.08. The number of amides is 4. The van der Waals surface area contributed by atoms with E-state index < -0.39 is 17.8 Å². The molecular weight excluding hydrogens is 202 g/mol. The zero-order chi connectivity index (χ0) is 11.0. The summed E-state index contributed by atoms with van der Waals surface area (Å²) >= 11 is 0. The maximum absolute atomic E-state index is 11.2. The lowest BCUT2D eigenvalue weighted by molar-refractivity contribution is -0.140. The summed E-state index contributed by atoms with van der Waals surface area (Å²) in [6.45, 7) is 1.55. The van der Waals surface area contributed by atoms with Gasteiger partial charge in [-0.25, -0.2) is 14.7 Å². The van der Waals surface area contributed by atoms with E-state index in [0.717, 1.165) is 4.90 Å². The summed E-state index contributed by atoms with van der Waals surface area (Å²) in [5, 5.41) is 1.87. The maximum Gasteiger partial charge on any atom is 0.332 e. The summed E-state index contributed by atoms with van der Waals surface area (Å²) < 4.78 is 5.08. The molecule has 1 aromatic heterocycles. The first kappa shape index (κ1) is 9.38. The number of urea groups is 1. The van der Waals surface area contributed by atoms with Crippen LogP contribution in [0.5, 0.6) is 0 Å². The highest BCUT2D eigenvalue weighted by Crippen LogP contribution is 2.09. The predicted molar refractivity (Wildman–Crippen MR) is 45.3 cm³/mol. The average Bonchev–Trinajstić information content (AvgIpc) is 2.67. The Morgan fingerprint density at radius 1 is 1.47 bits per heavy atom. The number of carbonyl (C=O) groups excluding carboxylic acids is 3. The van der Waals surface area contributed by atoms with E-state index in [1.165, 1.54) is 6.20 Å². The number of oxazole rings is 1. The predicted octanol–water partition coefficient (Wildman–Crippen LogP) is -0.439. The van der Waals surface area contributed by atoms with Gasteiger partial charge in [0.25, 0.3) is 0 Å². The molecule has 0 spiro atoms. The van der Waals surface area contributed by atoms with Crippen LogP contribution in [-0.4, -0.2) is 27.7 Å². The maximum atomic E-state index is 11.2. The Bertz CT molecular complexity index is 450. The summed E-state index contributed by atoms with van der Waals surface area (Å²) in [6, 6.07) is -0.749. The minimum Gasteiger partial charge on any atom is -0.444 e. The number of carbonyl (C=O) groups is 3. The Morgan fingerprint density at radius 2 is 2.20 bits per heavy atom. The van der Waals surface area contributed by atoms with E-state index >= 15 is 0 Å². The van der Waals surface area contributed by atoms with E-state index in [9.17, 15) is 14.4 Å². The van der Waals surface area contributed by atoms with E-state index in [2.05, 4.69) is 4.98 Å². The topological polar surface area (TPSA) is 92.5 Å². The minimum atomic E-state index is -0.928. The van der Waals surface area contributed by atoms with Crippen LogP contribution >= 0.6 is 0 Å². The van der Waals surface area contributed by atoms with Crippen molar-refractivity contribution >= 4 is 17.8 Å². The molecule has 1 saturated heterocycles. The number of nitrogens with zero attached hydrogens (tertiary/aromatic N) is 2. The lowest BCUT2D eigenvalue weighted by Crippen LogP contribution is -2.30. The van der Waals surface area contributed by atoms with Gasteiger partial charge in [0.05, 0.1) is 6.20 Å². The van der Waals surface area contributed by atoms with Crippen molar-refractivity contribution in [3.63, 3.8) is 0 Å². The molecule has 78 valence electrons. The van der Waals surface area contributed by atoms with Gasteiger partial charge in [-0.3, -0.25) is 14.9 Å². The summed E-state index contributed by atoms with van der Waals surface area (Å²) in [5.74, 6) is -1.03. The number of nitrogens with one attached hydrogen (secondary N) is 1. The van der Waals surface area contributed by atoms with Gasteiger partial charge < -0.3 is 4.42 Å². The third-order valence-corrected chi connectivity index (χ3v) is 1.87. The number of hydrogen-bond donors (Lipinski definition) is 1. The molecule has 15 heavy (non-hydrogen) atoms. The van der Waals surface area contributed by atoms with Crippen molar-refractivity contribution in [2.45, 2.75) is 13.5 Å². The van der Waals surface area contributed by atoms with Crippen LogP contribution in [0.4, 0.5) is 4.79 Å². The fourth-order valence-corrected chi connectivity index (χ4v) is 1.19. The monoisotopic (exact) mass is 209 g/mol. The first-order valence-electron chi connectivity index (χ1n) is 4.16. The number of hydrogen-bond acceptors (Lipinski definition) is 5. The molecule has 0 atom stereocenters. The minimum absolute atomic E-state index is 0.135. The van der Waals surface area contributed by atoms with Gasteiger partial charge in [-0.15, -0.1) is 0 Å². The smallest absolute Gasteiger partial charge is 0.332 e. The molecule has 7 heteroatoms. The number of imide groups is 2. The van der Waals surface area contributed by atoms with Crippen LogP contribution in [0, 0.1) is 6.92 Å². The Kier molecular flexibility index (Phi) is 2.00. The Morgan fingerprint density at radius 3 is 2.67 bits per heavy atom. The van der Waals surface area contributed by atoms with Gasteiger partial charge >= 0.3 is 17.8 Å². The second kappa shape index (κ2) is 3.19. The van der Waals surface area contributed by atoms with Crippen LogP contribution in [0.15, 0.2) is 10.6 Å². The van der Waals surface area contributed by atoms with Gasteiger partial charge in [0.15, 0.2) is 0 Å². The molecule has 0 unspecified atom stereocenters. The quantitative estimate of drug-likeness (QED) is 0.526. The van der Waals surface area contributed by atoms with Crippen molar-refractivity contribution in [3.05, 3.63) is 17.8 Å². The van der Waals surface area contributed by atoms with Gasteiger partial charge in [-0.2, -0.15) is 0 Å². The molecular formula is C8H7N3O4. The number of aryl methyl sites for hydroxylation is 1. The van der Waals surface area contributed by atoms with E-state index in [-0.39, 0.29) is 12.4 Å². The highest BCUT2D eigenvalue weighted by molar-refractivity contribution is 6.44. The van der Waals surface area contributed by atoms with Gasteiger partial charge in [0.2, 0.25) is 5.89 Å². The molecule has 2 heterocycles. The second-order valence-electron chi connectivity index (χ2n) is 3.02. The molecule has 4 amide bonds. The van der Waals surface area contributed by atoms with Crippen molar-refractivity contribution in [2.24, 2.45) is 0 Å². The molecule has 0 saturated carbocycles. The van der Waals surface area contributed by atoms with Gasteiger partial charge in [-0.1, -0.05) is 0 Å². The molecule has 2 rings (SSSR count). The van der Waals surface area contributed by atoms with E-state index in [4.69, 9.17) is 4.42 Å². The standard InChI is InChI=1S/C8H7N3O4/c1-4-2-9-5(15-4)3-11-7(13)6(12)10-8(11)14/h2H,3H2,1H3,(H,10,12,14). The third kappa shape index (κ3) is 1.58. The SMILES string of the molecule is Cc1cnc(CN2C(=O)NC(=O)C2=O)o1. The van der Waals surface area contributed by atoms with Crippen molar-refractivity contribution in [3.8, 4) is 0 Å². The largest absolute Gasteiger partial charge is 0.444 e. The second-order valence-corrected chi connectivity index (χ2v) is 3.02. The number of aromatic nitrogens is 1. The molecule has 0 radical (unpaired) electrons. The lowest BCUT2D eigenvalue weighted by Gasteiger charge is -2.07. The summed E-state index contributed by atoms with van der Waals surface area (Å²) in [6.07, 6.45) is 1.47. The zero-order valence-electron chi connectivity index (χ0n) is 7.81. The normalized spacial score (nSPS) is 16.1. The summed E-state index contributed by atoms with van der Waals surface area (Å²) in [7, 11) is 0. The molecule has 0 bridgehead atoms. The number of rotatable bonds is 2. The van der Waals surface area contributed by atoms with Crippen molar-refractivity contribution in [1.82, 2.24) is 15.2 Å². The first-order valence-corrected chi connectivity index (χ1v) is 4.16. The highest BCUT2D eigenvalue weighted by Gasteiger charge is 2.37. The van der Waals surface area contributed by atoms with Crippen LogP contribution in [0.2, 0.25) is 0 Å². The fourth-order valence-electron chi connectivity index (χ4n) is 1.19. The molecule has 1 aromatic rings. The average molecular weight is 209 g/mol. The van der Waals surface area contributed by atoms with Gasteiger partial charge in [0.1, 0.15) is 12.3 Å². The Labute approximate surface area is 84.1 Å². The highest BCUT2D eigenvalue weighted by atomic mass is 16.4. The molecule has 7 nitrogen and oxygen atoms in total. The molecule has 0 aliphatic carbocycles. The van der Waals surface area contributed by atoms with E-state index in [1.54, 1.807) is 6.92 Å². The van der Waals surface area contributed by atoms with Crippen LogP contribution in [-0.2, 0) is 16.1 Å². The van der Waals surface area contributed by atoms with Crippen molar-refractivity contribution in [1.29, 1.82) is 0 Å². The van der Waals surface area contributed by atoms with Crippen LogP contribution in [0.25, 0.3) is 0 Å². The van der Waals surface area contributed by atoms with Crippen LogP contribution in [0.1, 0.15) is 11.7 Å². The van der Waals surface area contributed by atoms with Crippen molar-refractivity contribution < 1.29 is 18.8 Å². The fraction of sp³-hybridized carbons (Fsp3) is 0.250. The summed E-state index contributed by atoms with van der Waals surface area (Å²) in [5.41, 5.74) is 0. The third-order valence-electron chi connectivity index (χ3n) is 1.87. The molecule has 1 aliphatic rings. The molecule has 0 aromatic carbocycles. The molecule has 1 fully saturated rings. The molecule has 1 N–H and O–H groups in total. The lowest BCUT2D eigenvalue weighted by atomic mass is 10.5. The zero-order valence-corrected chi connectivity index (χ0v) is 7.81. The van der Waals surface area contributed by atoms with Gasteiger partial charge in [0, 0.05) is 0 Å². The molecule has 1 aliphatic heterocycles. The van der Waals surface area contributed by atoms with E-state index in [1.807, 2.05) is 5.32 Å². The van der Waals surface area contributed by atoms with E-state index in [0.29, 0.717) is 5.76 Å².